The van der Waals surface area contributed by atoms with Crippen LogP contribution in [0.5, 0.6) is 5.75 Å². The van der Waals surface area contributed by atoms with Crippen molar-refractivity contribution in [1.29, 1.82) is 0 Å². The van der Waals surface area contributed by atoms with E-state index in [0.29, 0.717) is 25.3 Å². The summed E-state index contributed by atoms with van der Waals surface area (Å²) in [5.74, 6) is 0.729. The van der Waals surface area contributed by atoms with Gasteiger partial charge in [0, 0.05) is 12.6 Å². The summed E-state index contributed by atoms with van der Waals surface area (Å²) >= 11 is 0. The SMILES string of the molecule is CC[C@H](C(=O)N[C@@H](C)CC)N(CCc1ccccc1)C(=O)COc1ccccc1C(C)C. The van der Waals surface area contributed by atoms with Crippen LogP contribution in [-0.4, -0.2) is 41.9 Å². The number of carbonyl (C=O) groups is 2. The van der Waals surface area contributed by atoms with Crippen LogP contribution in [0.3, 0.4) is 0 Å². The van der Waals surface area contributed by atoms with Crippen LogP contribution in [0.1, 0.15) is 64.5 Å². The molecule has 174 valence electrons. The third kappa shape index (κ3) is 7.40. The Morgan fingerprint density at radius 2 is 1.59 bits per heavy atom. The van der Waals surface area contributed by atoms with Crippen molar-refractivity contribution < 1.29 is 14.3 Å². The van der Waals surface area contributed by atoms with E-state index in [4.69, 9.17) is 4.74 Å². The van der Waals surface area contributed by atoms with Gasteiger partial charge in [0.1, 0.15) is 11.8 Å². The standard InChI is InChI=1S/C27H38N2O3/c1-6-21(5)28-27(31)24(7-2)29(18-17-22-13-9-8-10-14-22)26(30)19-32-25-16-12-11-15-23(25)20(3)4/h8-16,20-21,24H,6-7,17-19H2,1-5H3,(H,28,31)/t21-,24+/m0/s1. The highest BCUT2D eigenvalue weighted by atomic mass is 16.5. The zero-order valence-electron chi connectivity index (χ0n) is 20.1. The van der Waals surface area contributed by atoms with Crippen LogP contribution in [0.25, 0.3) is 0 Å². The maximum absolute atomic E-state index is 13.3. The Balaban J connectivity index is 2.18. The summed E-state index contributed by atoms with van der Waals surface area (Å²) in [5.41, 5.74) is 2.20. The van der Waals surface area contributed by atoms with Gasteiger partial charge in [-0.15, -0.1) is 0 Å². The molecular formula is C27H38N2O3. The monoisotopic (exact) mass is 438 g/mol. The van der Waals surface area contributed by atoms with Gasteiger partial charge in [0.15, 0.2) is 6.61 Å². The number of rotatable bonds is 12. The molecule has 1 N–H and O–H groups in total. The maximum Gasteiger partial charge on any atom is 0.261 e. The number of nitrogens with zero attached hydrogens (tertiary/aromatic N) is 1. The number of ether oxygens (including phenoxy) is 1. The number of amides is 2. The largest absolute Gasteiger partial charge is 0.483 e. The molecule has 2 aromatic rings. The minimum atomic E-state index is -0.524. The lowest BCUT2D eigenvalue weighted by atomic mass is 10.0. The van der Waals surface area contributed by atoms with E-state index in [1.165, 1.54) is 0 Å². The maximum atomic E-state index is 13.3. The van der Waals surface area contributed by atoms with Crippen LogP contribution in [0.2, 0.25) is 0 Å². The Morgan fingerprint density at radius 1 is 0.938 bits per heavy atom. The number of carbonyl (C=O) groups excluding carboxylic acids is 2. The van der Waals surface area contributed by atoms with Gasteiger partial charge in [-0.25, -0.2) is 0 Å². The molecule has 0 radical (unpaired) electrons. The molecule has 0 unspecified atom stereocenters. The van der Waals surface area contributed by atoms with E-state index in [-0.39, 0.29) is 24.5 Å². The zero-order valence-corrected chi connectivity index (χ0v) is 20.1. The summed E-state index contributed by atoms with van der Waals surface area (Å²) in [6.07, 6.45) is 2.07. The summed E-state index contributed by atoms with van der Waals surface area (Å²) in [6, 6.07) is 17.4. The Kier molecular flexibility index (Phi) is 10.3. The summed E-state index contributed by atoms with van der Waals surface area (Å²) in [4.78, 5) is 28.0. The van der Waals surface area contributed by atoms with Crippen LogP contribution < -0.4 is 10.1 Å². The van der Waals surface area contributed by atoms with Crippen LogP contribution >= 0.6 is 0 Å². The van der Waals surface area contributed by atoms with Crippen molar-refractivity contribution >= 4 is 11.8 Å². The van der Waals surface area contributed by atoms with Crippen LogP contribution in [0, 0.1) is 0 Å². The number of nitrogens with one attached hydrogen (secondary N) is 1. The molecule has 0 heterocycles. The highest BCUT2D eigenvalue weighted by Crippen LogP contribution is 2.26. The first-order chi connectivity index (χ1) is 15.4. The summed E-state index contributed by atoms with van der Waals surface area (Å²) in [7, 11) is 0. The fourth-order valence-electron chi connectivity index (χ4n) is 3.65. The fraction of sp³-hybridized carbons (Fsp3) is 0.481. The molecule has 0 saturated carbocycles. The van der Waals surface area contributed by atoms with E-state index in [2.05, 4.69) is 19.2 Å². The molecule has 0 aliphatic rings. The molecule has 0 aliphatic heterocycles. The van der Waals surface area contributed by atoms with Gasteiger partial charge in [-0.1, -0.05) is 76.2 Å². The predicted molar refractivity (Wildman–Crippen MR) is 130 cm³/mol. The summed E-state index contributed by atoms with van der Waals surface area (Å²) in [5, 5.41) is 3.04. The number of para-hydroxylation sites is 1. The molecule has 5 heteroatoms. The summed E-state index contributed by atoms with van der Waals surface area (Å²) in [6.45, 7) is 10.5. The highest BCUT2D eigenvalue weighted by Gasteiger charge is 2.29. The average molecular weight is 439 g/mol. The van der Waals surface area contributed by atoms with E-state index in [1.807, 2.05) is 75.4 Å². The minimum absolute atomic E-state index is 0.0665. The molecule has 0 spiro atoms. The molecule has 2 amide bonds. The molecule has 32 heavy (non-hydrogen) atoms. The lowest BCUT2D eigenvalue weighted by Gasteiger charge is -2.31. The van der Waals surface area contributed by atoms with E-state index < -0.39 is 6.04 Å². The molecule has 2 aromatic carbocycles. The second-order valence-corrected chi connectivity index (χ2v) is 8.55. The summed E-state index contributed by atoms with van der Waals surface area (Å²) < 4.78 is 5.95. The second kappa shape index (κ2) is 12.9. The first-order valence-electron chi connectivity index (χ1n) is 11.7. The molecule has 0 fully saturated rings. The van der Waals surface area contributed by atoms with E-state index in [0.717, 1.165) is 23.3 Å². The van der Waals surface area contributed by atoms with Gasteiger partial charge >= 0.3 is 0 Å². The quantitative estimate of drug-likeness (QED) is 0.510. The smallest absolute Gasteiger partial charge is 0.261 e. The first-order valence-corrected chi connectivity index (χ1v) is 11.7. The molecule has 0 saturated heterocycles. The lowest BCUT2D eigenvalue weighted by Crippen LogP contribution is -2.52. The molecule has 2 atom stereocenters. The van der Waals surface area contributed by atoms with Crippen molar-refractivity contribution in [2.24, 2.45) is 0 Å². The minimum Gasteiger partial charge on any atom is -0.483 e. The third-order valence-electron chi connectivity index (χ3n) is 5.76. The van der Waals surface area contributed by atoms with Gasteiger partial charge in [0.2, 0.25) is 5.91 Å². The highest BCUT2D eigenvalue weighted by molar-refractivity contribution is 5.88. The van der Waals surface area contributed by atoms with Gasteiger partial charge in [0.25, 0.3) is 5.91 Å². The van der Waals surface area contributed by atoms with Crippen molar-refractivity contribution in [1.82, 2.24) is 10.2 Å². The topological polar surface area (TPSA) is 58.6 Å². The second-order valence-electron chi connectivity index (χ2n) is 8.55. The molecule has 5 nitrogen and oxygen atoms in total. The van der Waals surface area contributed by atoms with Crippen molar-refractivity contribution in [3.63, 3.8) is 0 Å². The van der Waals surface area contributed by atoms with Crippen molar-refractivity contribution in [3.05, 3.63) is 65.7 Å². The average Bonchev–Trinajstić information content (AvgIpc) is 2.80. The molecule has 0 bridgehead atoms. The predicted octanol–water partition coefficient (Wildman–Crippen LogP) is 4.95. The number of benzene rings is 2. The zero-order chi connectivity index (χ0) is 23.5. The van der Waals surface area contributed by atoms with Gasteiger partial charge in [-0.3, -0.25) is 9.59 Å². The van der Waals surface area contributed by atoms with Crippen molar-refractivity contribution in [2.75, 3.05) is 13.2 Å². The van der Waals surface area contributed by atoms with Crippen LogP contribution in [-0.2, 0) is 16.0 Å². The van der Waals surface area contributed by atoms with Crippen LogP contribution in [0.4, 0.5) is 0 Å². The molecule has 0 aliphatic carbocycles. The van der Waals surface area contributed by atoms with Gasteiger partial charge in [0.05, 0.1) is 0 Å². The van der Waals surface area contributed by atoms with Gasteiger partial charge < -0.3 is 15.0 Å². The molecule has 2 rings (SSSR count). The van der Waals surface area contributed by atoms with Gasteiger partial charge in [-0.2, -0.15) is 0 Å². The number of hydrogen-bond acceptors (Lipinski definition) is 3. The lowest BCUT2D eigenvalue weighted by molar-refractivity contribution is -0.142. The van der Waals surface area contributed by atoms with Crippen LogP contribution in [0.15, 0.2) is 54.6 Å². The Bertz CT molecular complexity index is 851. The Hall–Kier alpha value is -2.82. The fourth-order valence-corrected chi connectivity index (χ4v) is 3.65. The third-order valence-corrected chi connectivity index (χ3v) is 5.76. The Morgan fingerprint density at radius 3 is 2.22 bits per heavy atom. The Labute approximate surface area is 193 Å². The molecule has 0 aromatic heterocycles. The van der Waals surface area contributed by atoms with E-state index in [9.17, 15) is 9.59 Å². The first kappa shape index (κ1) is 25.4. The number of hydrogen-bond donors (Lipinski definition) is 1. The van der Waals surface area contributed by atoms with E-state index >= 15 is 0 Å². The van der Waals surface area contributed by atoms with Crippen molar-refractivity contribution in [3.8, 4) is 5.75 Å². The van der Waals surface area contributed by atoms with E-state index in [1.54, 1.807) is 4.90 Å². The van der Waals surface area contributed by atoms with Gasteiger partial charge in [-0.05, 0) is 49.3 Å². The van der Waals surface area contributed by atoms with Crippen molar-refractivity contribution in [2.45, 2.75) is 71.9 Å². The normalized spacial score (nSPS) is 12.8. The molecular weight excluding hydrogens is 400 g/mol.